The summed E-state index contributed by atoms with van der Waals surface area (Å²) in [6.45, 7) is 0.645. The third-order valence-electron chi connectivity index (χ3n) is 3.88. The summed E-state index contributed by atoms with van der Waals surface area (Å²) in [7, 11) is 1.63. The zero-order chi connectivity index (χ0) is 19.2. The van der Waals surface area contributed by atoms with Gasteiger partial charge in [0.1, 0.15) is 5.56 Å². The first-order chi connectivity index (χ1) is 13.1. The summed E-state index contributed by atoms with van der Waals surface area (Å²) in [5, 5.41) is 6.31. The second-order valence-corrected chi connectivity index (χ2v) is 6.94. The van der Waals surface area contributed by atoms with Gasteiger partial charge in [-0.3, -0.25) is 14.4 Å². The van der Waals surface area contributed by atoms with Crippen LogP contribution >= 0.6 is 11.8 Å². The lowest BCUT2D eigenvalue weighted by Gasteiger charge is -2.11. The molecule has 3 rings (SSSR count). The van der Waals surface area contributed by atoms with E-state index in [0.717, 1.165) is 12.8 Å². The van der Waals surface area contributed by atoms with E-state index in [1.165, 1.54) is 17.8 Å². The minimum Gasteiger partial charge on any atom is -0.385 e. The number of carbonyl (C=O) groups excluding carboxylic acids is 3. The molecule has 0 atom stereocenters. The first-order valence-electron chi connectivity index (χ1n) is 8.40. The number of fused-ring (bicyclic) bond motifs is 1. The molecule has 0 aliphatic heterocycles. The molecule has 1 aromatic heterocycles. The van der Waals surface area contributed by atoms with Gasteiger partial charge in [0.05, 0.1) is 4.91 Å². The largest absolute Gasteiger partial charge is 0.385 e. The molecule has 1 aromatic carbocycles. The maximum absolute atomic E-state index is 12.8. The number of hydrogen-bond acceptors (Lipinski definition) is 7. The molecule has 0 fully saturated rings. The molecule has 1 heterocycles. The number of para-hydroxylation sites is 1. The fourth-order valence-corrected chi connectivity index (χ4v) is 3.54. The van der Waals surface area contributed by atoms with Crippen molar-refractivity contribution in [2.24, 2.45) is 0 Å². The van der Waals surface area contributed by atoms with Crippen molar-refractivity contribution in [2.75, 3.05) is 24.8 Å². The van der Waals surface area contributed by atoms with Crippen LogP contribution in [0.4, 0.5) is 5.69 Å². The van der Waals surface area contributed by atoms with Gasteiger partial charge < -0.3 is 14.6 Å². The topological polar surface area (TPSA) is 98.5 Å². The third-order valence-corrected chi connectivity index (χ3v) is 4.98. The first-order valence-corrected chi connectivity index (χ1v) is 9.39. The maximum Gasteiger partial charge on any atom is 0.278 e. The molecule has 1 aliphatic rings. The number of ketones is 2. The van der Waals surface area contributed by atoms with Crippen molar-refractivity contribution in [1.29, 1.82) is 0 Å². The SMILES string of the molecule is COCCCCSC1=CC(=O)c2onc(C(=O)Nc3ccccc3)c2C1=O. The number of unbranched alkanes of at least 4 members (excludes halogenated alkanes) is 1. The van der Waals surface area contributed by atoms with Crippen molar-refractivity contribution in [3.8, 4) is 0 Å². The monoisotopic (exact) mass is 386 g/mol. The Morgan fingerprint density at radius 2 is 2.00 bits per heavy atom. The van der Waals surface area contributed by atoms with Crippen LogP contribution in [0.2, 0.25) is 0 Å². The quantitative estimate of drug-likeness (QED) is 0.695. The van der Waals surface area contributed by atoms with Crippen molar-refractivity contribution in [2.45, 2.75) is 12.8 Å². The summed E-state index contributed by atoms with van der Waals surface area (Å²) < 4.78 is 9.97. The number of benzene rings is 1. The number of rotatable bonds is 8. The number of nitrogens with zero attached hydrogens (tertiary/aromatic N) is 1. The van der Waals surface area contributed by atoms with Gasteiger partial charge in [-0.2, -0.15) is 0 Å². The van der Waals surface area contributed by atoms with Crippen molar-refractivity contribution < 1.29 is 23.6 Å². The number of Topliss-reactive ketones (excluding diaryl/α,β-unsaturated/α-hetero) is 1. The summed E-state index contributed by atoms with van der Waals surface area (Å²) >= 11 is 1.29. The van der Waals surface area contributed by atoms with Gasteiger partial charge in [0.15, 0.2) is 5.69 Å². The van der Waals surface area contributed by atoms with E-state index in [4.69, 9.17) is 9.26 Å². The number of thioether (sulfide) groups is 1. The zero-order valence-electron chi connectivity index (χ0n) is 14.7. The van der Waals surface area contributed by atoms with Crippen LogP contribution in [0.25, 0.3) is 0 Å². The molecule has 1 amide bonds. The Balaban J connectivity index is 1.75. The molecule has 0 saturated carbocycles. The summed E-state index contributed by atoms with van der Waals surface area (Å²) in [6.07, 6.45) is 2.95. The second-order valence-electron chi connectivity index (χ2n) is 5.81. The van der Waals surface area contributed by atoms with Gasteiger partial charge in [0, 0.05) is 25.5 Å². The third kappa shape index (κ3) is 4.35. The highest BCUT2D eigenvalue weighted by Crippen LogP contribution is 2.31. The van der Waals surface area contributed by atoms with Crippen LogP contribution in [-0.4, -0.2) is 42.1 Å². The maximum atomic E-state index is 12.8. The number of methoxy groups -OCH3 is 1. The lowest BCUT2D eigenvalue weighted by Crippen LogP contribution is -2.20. The normalized spacial score (nSPS) is 13.3. The predicted octanol–water partition coefficient (Wildman–Crippen LogP) is 3.35. The van der Waals surface area contributed by atoms with Gasteiger partial charge in [0.2, 0.25) is 17.3 Å². The lowest BCUT2D eigenvalue weighted by molar-refractivity contribution is 0.0967. The van der Waals surface area contributed by atoms with Crippen molar-refractivity contribution in [3.05, 3.63) is 58.3 Å². The molecule has 140 valence electrons. The summed E-state index contributed by atoms with van der Waals surface area (Å²) in [5.41, 5.74) is 0.297. The zero-order valence-corrected chi connectivity index (χ0v) is 15.5. The minimum atomic E-state index is -0.598. The average Bonchev–Trinajstić information content (AvgIpc) is 3.12. The molecule has 1 N–H and O–H groups in total. The number of anilines is 1. The summed E-state index contributed by atoms with van der Waals surface area (Å²) in [4.78, 5) is 37.8. The Kier molecular flexibility index (Phi) is 6.20. The van der Waals surface area contributed by atoms with E-state index < -0.39 is 17.5 Å². The molecule has 0 radical (unpaired) electrons. The molecule has 0 saturated heterocycles. The molecule has 1 aliphatic carbocycles. The Morgan fingerprint density at radius 1 is 1.22 bits per heavy atom. The molecular formula is C19H18N2O5S. The number of carbonyl (C=O) groups is 3. The average molecular weight is 386 g/mol. The van der Waals surface area contributed by atoms with E-state index in [-0.39, 0.29) is 17.0 Å². The standard InChI is InChI=1S/C19H18N2O5S/c1-25-9-5-6-10-27-14-11-13(22)18-15(17(14)23)16(21-26-18)19(24)20-12-7-3-2-4-8-12/h2-4,7-8,11H,5-6,9-10H2,1H3,(H,20,24). The van der Waals surface area contributed by atoms with Gasteiger partial charge in [-0.05, 0) is 30.7 Å². The molecule has 2 aromatic rings. The number of hydrogen-bond donors (Lipinski definition) is 1. The van der Waals surface area contributed by atoms with E-state index in [1.54, 1.807) is 31.4 Å². The molecule has 8 heteroatoms. The molecule has 0 spiro atoms. The van der Waals surface area contributed by atoms with Crippen molar-refractivity contribution in [1.82, 2.24) is 5.16 Å². The van der Waals surface area contributed by atoms with Gasteiger partial charge in [-0.1, -0.05) is 23.4 Å². The fraction of sp³-hybridized carbons (Fsp3) is 0.263. The Bertz CT molecular complexity index is 889. The van der Waals surface area contributed by atoms with E-state index in [0.29, 0.717) is 23.0 Å². The van der Waals surface area contributed by atoms with Crippen LogP contribution in [0.5, 0.6) is 0 Å². The van der Waals surface area contributed by atoms with Gasteiger partial charge in [-0.25, -0.2) is 0 Å². The van der Waals surface area contributed by atoms with Gasteiger partial charge in [-0.15, -0.1) is 11.8 Å². The molecular weight excluding hydrogens is 368 g/mol. The molecule has 27 heavy (non-hydrogen) atoms. The van der Waals surface area contributed by atoms with Crippen molar-refractivity contribution >= 4 is 34.9 Å². The number of aromatic nitrogens is 1. The highest BCUT2D eigenvalue weighted by molar-refractivity contribution is 8.04. The van der Waals surface area contributed by atoms with Crippen LogP contribution in [0.1, 0.15) is 44.2 Å². The first kappa shape index (κ1) is 19.1. The Morgan fingerprint density at radius 3 is 2.74 bits per heavy atom. The van der Waals surface area contributed by atoms with Crippen LogP contribution in [0.15, 0.2) is 45.8 Å². The highest BCUT2D eigenvalue weighted by atomic mass is 32.2. The van der Waals surface area contributed by atoms with Gasteiger partial charge in [0.25, 0.3) is 5.91 Å². The fourth-order valence-electron chi connectivity index (χ4n) is 2.55. The van der Waals surface area contributed by atoms with E-state index in [9.17, 15) is 14.4 Å². The lowest BCUT2D eigenvalue weighted by atomic mass is 9.99. The molecule has 7 nitrogen and oxygen atoms in total. The Labute approximate surface area is 160 Å². The molecule has 0 unspecified atom stereocenters. The smallest absolute Gasteiger partial charge is 0.278 e. The predicted molar refractivity (Wildman–Crippen MR) is 101 cm³/mol. The van der Waals surface area contributed by atoms with Crippen LogP contribution in [0, 0.1) is 0 Å². The second kappa shape index (κ2) is 8.79. The van der Waals surface area contributed by atoms with Crippen LogP contribution < -0.4 is 5.32 Å². The number of allylic oxidation sites excluding steroid dienone is 2. The van der Waals surface area contributed by atoms with Crippen LogP contribution in [0.3, 0.4) is 0 Å². The van der Waals surface area contributed by atoms with Crippen molar-refractivity contribution in [3.63, 3.8) is 0 Å². The minimum absolute atomic E-state index is 0.0738. The summed E-state index contributed by atoms with van der Waals surface area (Å²) in [6, 6.07) is 8.77. The molecule has 0 bridgehead atoms. The number of amides is 1. The van der Waals surface area contributed by atoms with E-state index in [2.05, 4.69) is 10.5 Å². The highest BCUT2D eigenvalue weighted by Gasteiger charge is 2.36. The van der Waals surface area contributed by atoms with Gasteiger partial charge >= 0.3 is 0 Å². The summed E-state index contributed by atoms with van der Waals surface area (Å²) in [5.74, 6) is -1.00. The van der Waals surface area contributed by atoms with Crippen LogP contribution in [-0.2, 0) is 4.74 Å². The number of nitrogens with one attached hydrogen (secondary N) is 1. The van der Waals surface area contributed by atoms with E-state index in [1.807, 2.05) is 6.07 Å². The Hall–Kier alpha value is -2.71. The number of ether oxygens (including phenoxy) is 1. The van der Waals surface area contributed by atoms with E-state index >= 15 is 0 Å².